The third-order valence-corrected chi connectivity index (χ3v) is 5.60. The Hall–Kier alpha value is -3.67. The number of hydrogen-bond acceptors (Lipinski definition) is 5. The number of ether oxygens (including phenoxy) is 1. The quantitative estimate of drug-likeness (QED) is 0.284. The monoisotopic (exact) mass is 387 g/mol. The van der Waals surface area contributed by atoms with Gasteiger partial charge in [-0.05, 0) is 42.1 Å². The van der Waals surface area contributed by atoms with Crippen LogP contribution in [0.1, 0.15) is 29.0 Å². The first-order valence-corrected chi connectivity index (χ1v) is 9.31. The van der Waals surface area contributed by atoms with Crippen LogP contribution in [0.15, 0.2) is 62.5 Å². The second kappa shape index (κ2) is 6.17. The van der Waals surface area contributed by atoms with E-state index in [9.17, 15) is 14.4 Å². The molecule has 4 aromatic rings. The molecule has 3 heterocycles. The molecule has 0 aliphatic carbocycles. The molecule has 144 valence electrons. The number of pyridine rings is 1. The number of aryl methyl sites for hydroxylation is 2. The van der Waals surface area contributed by atoms with E-state index in [0.29, 0.717) is 22.5 Å². The maximum atomic E-state index is 13.2. The van der Waals surface area contributed by atoms with Crippen LogP contribution in [0.2, 0.25) is 0 Å². The summed E-state index contributed by atoms with van der Waals surface area (Å²) in [5.41, 5.74) is 2.30. The normalized spacial score (nSPS) is 16.1. The number of benzene rings is 2. The molecular formula is C23H17NO5. The van der Waals surface area contributed by atoms with E-state index < -0.39 is 17.5 Å². The van der Waals surface area contributed by atoms with Crippen LogP contribution in [0.4, 0.5) is 0 Å². The smallest absolute Gasteiger partial charge is 0.336 e. The molecule has 0 unspecified atom stereocenters. The highest BCUT2D eigenvalue weighted by Gasteiger charge is 2.33. The van der Waals surface area contributed by atoms with Crippen LogP contribution in [0, 0.1) is 6.92 Å². The summed E-state index contributed by atoms with van der Waals surface area (Å²) >= 11 is 0. The Balaban J connectivity index is 1.87. The van der Waals surface area contributed by atoms with E-state index >= 15 is 0 Å². The second-order valence-electron chi connectivity index (χ2n) is 7.36. The van der Waals surface area contributed by atoms with Crippen molar-refractivity contribution >= 4 is 27.8 Å². The minimum atomic E-state index is -0.566. The Morgan fingerprint density at radius 1 is 1.03 bits per heavy atom. The summed E-state index contributed by atoms with van der Waals surface area (Å²) in [4.78, 5) is 37.6. The van der Waals surface area contributed by atoms with Gasteiger partial charge in [0, 0.05) is 35.5 Å². The van der Waals surface area contributed by atoms with E-state index in [0.717, 1.165) is 21.9 Å². The zero-order chi connectivity index (χ0) is 20.3. The van der Waals surface area contributed by atoms with Crippen molar-refractivity contribution in [2.24, 2.45) is 7.05 Å². The molecule has 0 bridgehead atoms. The van der Waals surface area contributed by atoms with Gasteiger partial charge < -0.3 is 13.7 Å². The first-order valence-electron chi connectivity index (χ1n) is 9.31. The van der Waals surface area contributed by atoms with Gasteiger partial charge in [0.1, 0.15) is 11.3 Å². The summed E-state index contributed by atoms with van der Waals surface area (Å²) in [7, 11) is 1.71. The van der Waals surface area contributed by atoms with Gasteiger partial charge >= 0.3 is 11.6 Å². The lowest BCUT2D eigenvalue weighted by Gasteiger charge is -2.25. The molecule has 2 aromatic heterocycles. The van der Waals surface area contributed by atoms with Crippen LogP contribution in [0.3, 0.4) is 0 Å². The lowest BCUT2D eigenvalue weighted by Crippen LogP contribution is -2.29. The van der Waals surface area contributed by atoms with E-state index in [1.54, 1.807) is 23.7 Å². The lowest BCUT2D eigenvalue weighted by atomic mass is 9.85. The number of aromatic nitrogens is 1. The van der Waals surface area contributed by atoms with Crippen LogP contribution in [0.5, 0.6) is 5.75 Å². The summed E-state index contributed by atoms with van der Waals surface area (Å²) in [5, 5.41) is 1.65. The Labute approximate surface area is 165 Å². The van der Waals surface area contributed by atoms with Crippen molar-refractivity contribution in [2.75, 3.05) is 0 Å². The summed E-state index contributed by atoms with van der Waals surface area (Å²) in [6.45, 7) is 1.82. The van der Waals surface area contributed by atoms with Crippen molar-refractivity contribution in [3.8, 4) is 5.75 Å². The van der Waals surface area contributed by atoms with Gasteiger partial charge in [0.05, 0.1) is 11.9 Å². The number of para-hydroxylation sites is 1. The number of carbonyl (C=O) groups excluding carboxylic acids is 1. The first kappa shape index (κ1) is 17.4. The number of carbonyl (C=O) groups is 1. The largest absolute Gasteiger partial charge is 0.426 e. The van der Waals surface area contributed by atoms with Crippen LogP contribution >= 0.6 is 0 Å². The predicted molar refractivity (Wildman–Crippen MR) is 109 cm³/mol. The van der Waals surface area contributed by atoms with Crippen molar-refractivity contribution in [3.63, 3.8) is 0 Å². The molecule has 0 spiro atoms. The van der Waals surface area contributed by atoms with Gasteiger partial charge in [-0.15, -0.1) is 0 Å². The molecule has 0 saturated carbocycles. The number of nitrogens with zero attached hydrogens (tertiary/aromatic N) is 1. The summed E-state index contributed by atoms with van der Waals surface area (Å²) in [6, 6.07) is 14.3. The lowest BCUT2D eigenvalue weighted by molar-refractivity contribution is -0.135. The van der Waals surface area contributed by atoms with Gasteiger partial charge in [0.25, 0.3) is 5.56 Å². The zero-order valence-electron chi connectivity index (χ0n) is 15.9. The van der Waals surface area contributed by atoms with Gasteiger partial charge in [-0.1, -0.05) is 18.2 Å². The Morgan fingerprint density at radius 3 is 2.66 bits per heavy atom. The topological polar surface area (TPSA) is 78.5 Å². The average molecular weight is 387 g/mol. The number of hydrogen-bond donors (Lipinski definition) is 0. The summed E-state index contributed by atoms with van der Waals surface area (Å²) < 4.78 is 12.5. The van der Waals surface area contributed by atoms with Crippen molar-refractivity contribution in [2.45, 2.75) is 19.3 Å². The molecule has 29 heavy (non-hydrogen) atoms. The van der Waals surface area contributed by atoms with Gasteiger partial charge in [-0.25, -0.2) is 4.79 Å². The minimum Gasteiger partial charge on any atom is -0.426 e. The van der Waals surface area contributed by atoms with E-state index in [-0.39, 0.29) is 12.0 Å². The molecule has 1 atom stereocenters. The molecule has 0 saturated heterocycles. The molecule has 0 fully saturated rings. The minimum absolute atomic E-state index is 0.00263. The average Bonchev–Trinajstić information content (AvgIpc) is 2.69. The van der Waals surface area contributed by atoms with Gasteiger partial charge in [0.2, 0.25) is 0 Å². The highest BCUT2D eigenvalue weighted by molar-refractivity contribution is 5.90. The Morgan fingerprint density at radius 2 is 1.83 bits per heavy atom. The van der Waals surface area contributed by atoms with Crippen LogP contribution in [0.25, 0.3) is 21.9 Å². The number of fused-ring (bicyclic) bond motifs is 4. The molecule has 5 rings (SSSR count). The van der Waals surface area contributed by atoms with Crippen molar-refractivity contribution in [1.82, 2.24) is 4.57 Å². The molecule has 6 nitrogen and oxygen atoms in total. The van der Waals surface area contributed by atoms with Gasteiger partial charge in [0.15, 0.2) is 0 Å². The SMILES string of the molecule is Cc1cc(=O)oc2c3c(ccc12)OC(=O)C[C@H]3c1cc2ccccc2n(C)c1=O. The summed E-state index contributed by atoms with van der Waals surface area (Å²) in [5.74, 6) is -0.669. The molecule has 1 aliphatic rings. The molecule has 0 amide bonds. The van der Waals surface area contributed by atoms with Crippen molar-refractivity contribution < 1.29 is 13.9 Å². The van der Waals surface area contributed by atoms with Crippen molar-refractivity contribution in [3.05, 3.63) is 86.0 Å². The molecule has 0 N–H and O–H groups in total. The molecule has 2 aromatic carbocycles. The first-order chi connectivity index (χ1) is 13.9. The molecule has 6 heteroatoms. The van der Waals surface area contributed by atoms with Crippen LogP contribution in [-0.2, 0) is 11.8 Å². The predicted octanol–water partition coefficient (Wildman–Crippen LogP) is 3.39. The zero-order valence-corrected chi connectivity index (χ0v) is 15.9. The highest BCUT2D eigenvalue weighted by atomic mass is 16.5. The maximum Gasteiger partial charge on any atom is 0.336 e. The Bertz CT molecular complexity index is 1440. The van der Waals surface area contributed by atoms with Crippen LogP contribution in [-0.4, -0.2) is 10.5 Å². The van der Waals surface area contributed by atoms with Gasteiger partial charge in [-0.3, -0.25) is 9.59 Å². The Kier molecular flexibility index (Phi) is 3.71. The highest BCUT2D eigenvalue weighted by Crippen LogP contribution is 2.42. The van der Waals surface area contributed by atoms with E-state index in [2.05, 4.69) is 0 Å². The standard InChI is InChI=1S/C23H17NO5/c1-12-9-19(25)29-22-14(12)7-8-18-21(22)15(11-20(26)28-18)16-10-13-5-3-4-6-17(13)24(2)23(16)27/h3-10,15H,11H2,1-2H3/t15-/m0/s1. The van der Waals surface area contributed by atoms with E-state index in [1.807, 2.05) is 37.3 Å². The van der Waals surface area contributed by atoms with E-state index in [1.165, 1.54) is 6.07 Å². The molecular weight excluding hydrogens is 370 g/mol. The second-order valence-corrected chi connectivity index (χ2v) is 7.36. The fourth-order valence-electron chi connectivity index (χ4n) is 4.20. The van der Waals surface area contributed by atoms with E-state index in [4.69, 9.17) is 9.15 Å². The number of esters is 1. The summed E-state index contributed by atoms with van der Waals surface area (Å²) in [6.07, 6.45) is -0.00263. The van der Waals surface area contributed by atoms with Gasteiger partial charge in [-0.2, -0.15) is 0 Å². The number of rotatable bonds is 1. The molecule has 0 radical (unpaired) electrons. The third kappa shape index (κ3) is 2.60. The fraction of sp³-hybridized carbons (Fsp3) is 0.174. The van der Waals surface area contributed by atoms with Crippen molar-refractivity contribution in [1.29, 1.82) is 0 Å². The third-order valence-electron chi connectivity index (χ3n) is 5.60. The van der Waals surface area contributed by atoms with Crippen LogP contribution < -0.4 is 15.9 Å². The maximum absolute atomic E-state index is 13.2. The fourth-order valence-corrected chi connectivity index (χ4v) is 4.20. The molecule has 1 aliphatic heterocycles.